The van der Waals surface area contributed by atoms with Crippen LogP contribution in [0.15, 0.2) is 60.7 Å². The average Bonchev–Trinajstić information content (AvgIpc) is 2.92. The summed E-state index contributed by atoms with van der Waals surface area (Å²) >= 11 is 0. The van der Waals surface area contributed by atoms with Gasteiger partial charge in [0.1, 0.15) is 0 Å². The highest BCUT2D eigenvalue weighted by Crippen LogP contribution is 2.21. The number of hydrazine groups is 1. The van der Waals surface area contributed by atoms with Crippen molar-refractivity contribution in [2.24, 2.45) is 5.84 Å². The first-order chi connectivity index (χ1) is 9.88. The van der Waals surface area contributed by atoms with Crippen LogP contribution in [0.25, 0.3) is 11.4 Å². The molecule has 0 atom stereocenters. The fraction of sp³-hybridized carbons (Fsp3) is 0.0667. The van der Waals surface area contributed by atoms with Crippen molar-refractivity contribution in [3.8, 4) is 11.4 Å². The van der Waals surface area contributed by atoms with Crippen molar-refractivity contribution in [1.29, 1.82) is 0 Å². The minimum Gasteiger partial charge on any atom is -0.292 e. The van der Waals surface area contributed by atoms with Gasteiger partial charge in [0, 0.05) is 5.56 Å². The molecule has 0 aliphatic carbocycles. The third kappa shape index (κ3) is 2.39. The third-order valence-corrected chi connectivity index (χ3v) is 3.10. The van der Waals surface area contributed by atoms with Crippen molar-refractivity contribution < 1.29 is 0 Å². The van der Waals surface area contributed by atoms with E-state index in [0.717, 1.165) is 11.4 Å². The SMILES string of the molecule is NNc1nnc(-c2ccccc2)n1Cc1ccccc1. The Kier molecular flexibility index (Phi) is 3.43. The lowest BCUT2D eigenvalue weighted by molar-refractivity contribution is 0.806. The predicted octanol–water partition coefficient (Wildman–Crippen LogP) is 2.28. The molecule has 5 heteroatoms. The maximum atomic E-state index is 5.52. The summed E-state index contributed by atoms with van der Waals surface area (Å²) in [6.45, 7) is 0.664. The van der Waals surface area contributed by atoms with Crippen LogP contribution in [0.4, 0.5) is 5.95 Å². The molecule has 0 saturated carbocycles. The molecule has 0 saturated heterocycles. The molecule has 0 radical (unpaired) electrons. The minimum atomic E-state index is 0.549. The van der Waals surface area contributed by atoms with Gasteiger partial charge < -0.3 is 0 Å². The molecule has 100 valence electrons. The van der Waals surface area contributed by atoms with E-state index in [1.165, 1.54) is 5.56 Å². The summed E-state index contributed by atoms with van der Waals surface area (Å²) in [5.41, 5.74) is 4.77. The number of nitrogens with two attached hydrogens (primary N) is 1. The normalized spacial score (nSPS) is 10.4. The molecule has 5 nitrogen and oxygen atoms in total. The number of rotatable bonds is 4. The van der Waals surface area contributed by atoms with Gasteiger partial charge in [0.25, 0.3) is 0 Å². The number of nitrogen functional groups attached to an aromatic ring is 1. The van der Waals surface area contributed by atoms with Crippen LogP contribution in [0.5, 0.6) is 0 Å². The van der Waals surface area contributed by atoms with Crippen LogP contribution in [0.1, 0.15) is 5.56 Å². The van der Waals surface area contributed by atoms with E-state index >= 15 is 0 Å². The number of hydrogen-bond donors (Lipinski definition) is 2. The fourth-order valence-corrected chi connectivity index (χ4v) is 2.13. The van der Waals surface area contributed by atoms with Crippen LogP contribution in [-0.4, -0.2) is 14.8 Å². The van der Waals surface area contributed by atoms with E-state index in [0.29, 0.717) is 12.5 Å². The van der Waals surface area contributed by atoms with Crippen LogP contribution in [0.3, 0.4) is 0 Å². The molecule has 3 N–H and O–H groups in total. The molecular weight excluding hydrogens is 250 g/mol. The van der Waals surface area contributed by atoms with Crippen molar-refractivity contribution in [3.63, 3.8) is 0 Å². The van der Waals surface area contributed by atoms with Gasteiger partial charge in [-0.1, -0.05) is 60.7 Å². The maximum absolute atomic E-state index is 5.52. The highest BCUT2D eigenvalue weighted by molar-refractivity contribution is 5.57. The Labute approximate surface area is 117 Å². The van der Waals surface area contributed by atoms with Gasteiger partial charge in [0.2, 0.25) is 5.95 Å². The second-order valence-corrected chi connectivity index (χ2v) is 4.43. The van der Waals surface area contributed by atoms with Gasteiger partial charge in [-0.25, -0.2) is 5.84 Å². The summed E-state index contributed by atoms with van der Waals surface area (Å²) in [5, 5.41) is 8.31. The number of aromatic nitrogens is 3. The predicted molar refractivity (Wildman–Crippen MR) is 78.8 cm³/mol. The van der Waals surface area contributed by atoms with Gasteiger partial charge in [0.05, 0.1) is 6.54 Å². The lowest BCUT2D eigenvalue weighted by atomic mass is 10.2. The Hall–Kier alpha value is -2.66. The second-order valence-electron chi connectivity index (χ2n) is 4.43. The molecule has 0 fully saturated rings. The molecule has 1 aromatic heterocycles. The van der Waals surface area contributed by atoms with Crippen molar-refractivity contribution in [1.82, 2.24) is 14.8 Å². The van der Waals surface area contributed by atoms with Crippen molar-refractivity contribution >= 4 is 5.95 Å². The van der Waals surface area contributed by atoms with Crippen LogP contribution in [0, 0.1) is 0 Å². The Morgan fingerprint density at radius 1 is 0.900 bits per heavy atom. The van der Waals surface area contributed by atoms with Gasteiger partial charge in [-0.2, -0.15) is 0 Å². The number of nitrogens with zero attached hydrogens (tertiary/aromatic N) is 3. The Bertz CT molecular complexity index is 676. The molecule has 0 spiro atoms. The van der Waals surface area contributed by atoms with Crippen LogP contribution >= 0.6 is 0 Å². The quantitative estimate of drug-likeness (QED) is 0.561. The molecular formula is C15H15N5. The zero-order valence-corrected chi connectivity index (χ0v) is 10.9. The number of nitrogens with one attached hydrogen (secondary N) is 1. The Balaban J connectivity index is 2.02. The Morgan fingerprint density at radius 2 is 1.55 bits per heavy atom. The molecule has 2 aromatic carbocycles. The summed E-state index contributed by atoms with van der Waals surface area (Å²) in [4.78, 5) is 0. The first-order valence-electron chi connectivity index (χ1n) is 6.37. The lowest BCUT2D eigenvalue weighted by Gasteiger charge is -2.10. The first-order valence-corrected chi connectivity index (χ1v) is 6.37. The Morgan fingerprint density at radius 3 is 2.20 bits per heavy atom. The molecule has 20 heavy (non-hydrogen) atoms. The molecule has 0 aliphatic rings. The molecule has 0 bridgehead atoms. The lowest BCUT2D eigenvalue weighted by Crippen LogP contribution is -2.14. The molecule has 0 amide bonds. The summed E-state index contributed by atoms with van der Waals surface area (Å²) in [5.74, 6) is 6.87. The third-order valence-electron chi connectivity index (χ3n) is 3.10. The summed E-state index contributed by atoms with van der Waals surface area (Å²) in [6, 6.07) is 20.1. The smallest absolute Gasteiger partial charge is 0.239 e. The highest BCUT2D eigenvalue weighted by Gasteiger charge is 2.12. The van der Waals surface area contributed by atoms with Gasteiger partial charge >= 0.3 is 0 Å². The largest absolute Gasteiger partial charge is 0.292 e. The van der Waals surface area contributed by atoms with Crippen molar-refractivity contribution in [2.75, 3.05) is 5.43 Å². The summed E-state index contributed by atoms with van der Waals surface area (Å²) in [7, 11) is 0. The number of benzene rings is 2. The van der Waals surface area contributed by atoms with Crippen molar-refractivity contribution in [2.45, 2.75) is 6.54 Å². The maximum Gasteiger partial charge on any atom is 0.239 e. The zero-order valence-electron chi connectivity index (χ0n) is 10.9. The van der Waals surface area contributed by atoms with E-state index in [-0.39, 0.29) is 0 Å². The molecule has 3 aromatic rings. The van der Waals surface area contributed by atoms with E-state index < -0.39 is 0 Å². The van der Waals surface area contributed by atoms with Crippen molar-refractivity contribution in [3.05, 3.63) is 66.2 Å². The number of anilines is 1. The molecule has 1 heterocycles. The minimum absolute atomic E-state index is 0.549. The van der Waals surface area contributed by atoms with Crippen LogP contribution in [0.2, 0.25) is 0 Å². The van der Waals surface area contributed by atoms with E-state index in [1.807, 2.05) is 53.1 Å². The van der Waals surface area contributed by atoms with Crippen LogP contribution < -0.4 is 11.3 Å². The van der Waals surface area contributed by atoms with E-state index in [4.69, 9.17) is 5.84 Å². The molecule has 0 unspecified atom stereocenters. The zero-order chi connectivity index (χ0) is 13.8. The highest BCUT2D eigenvalue weighted by atomic mass is 15.4. The second kappa shape index (κ2) is 5.54. The molecule has 3 rings (SSSR count). The average molecular weight is 265 g/mol. The van der Waals surface area contributed by atoms with Gasteiger partial charge in [-0.15, -0.1) is 10.2 Å². The van der Waals surface area contributed by atoms with Crippen LogP contribution in [-0.2, 0) is 6.54 Å². The monoisotopic (exact) mass is 265 g/mol. The van der Waals surface area contributed by atoms with Gasteiger partial charge in [0.15, 0.2) is 5.82 Å². The van der Waals surface area contributed by atoms with Gasteiger partial charge in [-0.05, 0) is 5.56 Å². The fourth-order valence-electron chi connectivity index (χ4n) is 2.13. The first kappa shape index (κ1) is 12.4. The van der Waals surface area contributed by atoms with E-state index in [9.17, 15) is 0 Å². The topological polar surface area (TPSA) is 68.8 Å². The van der Waals surface area contributed by atoms with E-state index in [1.54, 1.807) is 0 Å². The van der Waals surface area contributed by atoms with Gasteiger partial charge in [-0.3, -0.25) is 9.99 Å². The number of hydrogen-bond acceptors (Lipinski definition) is 4. The summed E-state index contributed by atoms with van der Waals surface area (Å²) in [6.07, 6.45) is 0. The summed E-state index contributed by atoms with van der Waals surface area (Å²) < 4.78 is 1.96. The van der Waals surface area contributed by atoms with E-state index in [2.05, 4.69) is 27.8 Å². The standard InChI is InChI=1S/C15H15N5/c16-17-15-19-18-14(13-9-5-2-6-10-13)20(15)11-12-7-3-1-4-8-12/h1-10H,11,16H2,(H,17,19). The molecule has 0 aliphatic heterocycles.